The van der Waals surface area contributed by atoms with Crippen molar-refractivity contribution in [1.82, 2.24) is 4.90 Å². The van der Waals surface area contributed by atoms with Crippen LogP contribution in [-0.2, 0) is 11.3 Å². The van der Waals surface area contributed by atoms with Gasteiger partial charge < -0.3 is 9.84 Å². The Balaban J connectivity index is 1.81. The summed E-state index contributed by atoms with van der Waals surface area (Å²) in [6, 6.07) is 4.46. The van der Waals surface area contributed by atoms with Crippen molar-refractivity contribution in [2.75, 3.05) is 26.8 Å². The van der Waals surface area contributed by atoms with Gasteiger partial charge in [-0.25, -0.2) is 9.18 Å². The largest absolute Gasteiger partial charge is 0.478 e. The molecular formula is C15H20FNO3. The predicted molar refractivity (Wildman–Crippen MR) is 73.2 cm³/mol. The predicted octanol–water partition coefficient (Wildman–Crippen LogP) is 2.38. The van der Waals surface area contributed by atoms with Crippen molar-refractivity contribution in [3.63, 3.8) is 0 Å². The number of carbonyl (C=O) groups is 1. The minimum absolute atomic E-state index is 0.277. The van der Waals surface area contributed by atoms with Crippen molar-refractivity contribution in [3.05, 3.63) is 35.1 Å². The summed E-state index contributed by atoms with van der Waals surface area (Å²) in [5.41, 5.74) is 0.121. The van der Waals surface area contributed by atoms with Gasteiger partial charge in [0.15, 0.2) is 0 Å². The number of nitrogens with zero attached hydrogens (tertiary/aromatic N) is 1. The molecule has 0 aromatic heterocycles. The van der Waals surface area contributed by atoms with Crippen molar-refractivity contribution in [2.45, 2.75) is 19.4 Å². The number of benzene rings is 1. The molecule has 0 amide bonds. The molecule has 1 aliphatic rings. The summed E-state index contributed by atoms with van der Waals surface area (Å²) < 4.78 is 19.5. The molecule has 0 saturated heterocycles. The fraction of sp³-hybridized carbons (Fsp3) is 0.533. The van der Waals surface area contributed by atoms with Gasteiger partial charge in [-0.1, -0.05) is 12.1 Å². The summed E-state index contributed by atoms with van der Waals surface area (Å²) in [5.74, 6) is -1.14. The lowest BCUT2D eigenvalue weighted by Crippen LogP contribution is -2.24. The van der Waals surface area contributed by atoms with Gasteiger partial charge in [0.25, 0.3) is 0 Å². The molecule has 0 heterocycles. The van der Waals surface area contributed by atoms with E-state index in [-0.39, 0.29) is 5.56 Å². The van der Waals surface area contributed by atoms with Crippen LogP contribution in [0.5, 0.6) is 0 Å². The molecule has 4 nitrogen and oxygen atoms in total. The van der Waals surface area contributed by atoms with Crippen LogP contribution < -0.4 is 0 Å². The topological polar surface area (TPSA) is 49.8 Å². The van der Waals surface area contributed by atoms with Crippen molar-refractivity contribution < 1.29 is 19.0 Å². The van der Waals surface area contributed by atoms with Gasteiger partial charge in [0.1, 0.15) is 5.82 Å². The Morgan fingerprint density at radius 3 is 2.90 bits per heavy atom. The van der Waals surface area contributed by atoms with Gasteiger partial charge >= 0.3 is 5.97 Å². The highest BCUT2D eigenvalue weighted by Gasteiger charge is 2.21. The molecular weight excluding hydrogens is 261 g/mol. The molecule has 1 aliphatic carbocycles. The summed E-state index contributed by atoms with van der Waals surface area (Å²) in [6.07, 6.45) is 2.53. The molecule has 110 valence electrons. The average molecular weight is 281 g/mol. The Kier molecular flexibility index (Phi) is 5.09. The monoisotopic (exact) mass is 281 g/mol. The average Bonchev–Trinajstić information content (AvgIpc) is 3.21. The van der Waals surface area contributed by atoms with Gasteiger partial charge in [-0.3, -0.25) is 4.90 Å². The lowest BCUT2D eigenvalue weighted by atomic mass is 10.1. The second-order valence-electron chi connectivity index (χ2n) is 5.34. The molecule has 20 heavy (non-hydrogen) atoms. The van der Waals surface area contributed by atoms with E-state index in [1.54, 1.807) is 12.1 Å². The fourth-order valence-corrected chi connectivity index (χ4v) is 1.99. The lowest BCUT2D eigenvalue weighted by molar-refractivity contribution is 0.0691. The Labute approximate surface area is 118 Å². The molecule has 0 bridgehead atoms. The number of carboxylic acids is 1. The second-order valence-corrected chi connectivity index (χ2v) is 5.34. The first-order chi connectivity index (χ1) is 9.58. The zero-order chi connectivity index (χ0) is 14.5. The van der Waals surface area contributed by atoms with Crippen LogP contribution in [0.3, 0.4) is 0 Å². The van der Waals surface area contributed by atoms with E-state index in [9.17, 15) is 9.18 Å². The van der Waals surface area contributed by atoms with Gasteiger partial charge in [0.05, 0.1) is 12.2 Å². The first-order valence-corrected chi connectivity index (χ1v) is 6.85. The molecule has 1 saturated carbocycles. The summed E-state index contributed by atoms with van der Waals surface area (Å²) in [5, 5.41) is 8.88. The van der Waals surface area contributed by atoms with Gasteiger partial charge in [-0.15, -0.1) is 0 Å². The van der Waals surface area contributed by atoms with Crippen molar-refractivity contribution >= 4 is 5.97 Å². The number of hydrogen-bond donors (Lipinski definition) is 1. The lowest BCUT2D eigenvalue weighted by Gasteiger charge is -2.17. The first-order valence-electron chi connectivity index (χ1n) is 6.85. The number of rotatable bonds is 8. The molecule has 0 aliphatic heterocycles. The van der Waals surface area contributed by atoms with Crippen LogP contribution in [0.1, 0.15) is 28.8 Å². The van der Waals surface area contributed by atoms with E-state index in [0.717, 1.165) is 12.5 Å². The molecule has 1 fully saturated rings. The van der Waals surface area contributed by atoms with E-state index < -0.39 is 11.8 Å². The molecule has 0 spiro atoms. The van der Waals surface area contributed by atoms with Crippen molar-refractivity contribution in [2.24, 2.45) is 5.92 Å². The summed E-state index contributed by atoms with van der Waals surface area (Å²) in [7, 11) is 1.87. The van der Waals surface area contributed by atoms with E-state index in [2.05, 4.69) is 0 Å². The van der Waals surface area contributed by atoms with Gasteiger partial charge in [-0.05, 0) is 31.9 Å². The number of hydrogen-bond acceptors (Lipinski definition) is 3. The zero-order valence-electron chi connectivity index (χ0n) is 11.6. The van der Waals surface area contributed by atoms with Crippen LogP contribution in [0.2, 0.25) is 0 Å². The number of carboxylic acid groups (broad SMARTS) is 1. The molecule has 1 aromatic rings. The van der Waals surface area contributed by atoms with Gasteiger partial charge in [0, 0.05) is 25.3 Å². The van der Waals surface area contributed by atoms with E-state index in [1.807, 2.05) is 11.9 Å². The Morgan fingerprint density at radius 1 is 1.50 bits per heavy atom. The number of aromatic carboxylic acids is 1. The Hall–Kier alpha value is -1.46. The van der Waals surface area contributed by atoms with E-state index in [0.29, 0.717) is 25.3 Å². The minimum atomic E-state index is -1.24. The molecule has 0 unspecified atom stereocenters. The molecule has 1 N–H and O–H groups in total. The SMILES string of the molecule is CN(CCOCC1CC1)Cc1cccc(C(=O)O)c1F. The van der Waals surface area contributed by atoms with Crippen LogP contribution in [-0.4, -0.2) is 42.8 Å². The molecule has 1 aromatic carbocycles. The zero-order valence-corrected chi connectivity index (χ0v) is 11.6. The highest BCUT2D eigenvalue weighted by molar-refractivity contribution is 5.88. The maximum atomic E-state index is 13.9. The maximum Gasteiger partial charge on any atom is 0.338 e. The third-order valence-corrected chi connectivity index (χ3v) is 3.42. The van der Waals surface area contributed by atoms with Crippen LogP contribution in [0, 0.1) is 11.7 Å². The third-order valence-electron chi connectivity index (χ3n) is 3.42. The number of halogens is 1. The summed E-state index contributed by atoms with van der Waals surface area (Å²) in [4.78, 5) is 12.8. The summed E-state index contributed by atoms with van der Waals surface area (Å²) in [6.45, 7) is 2.51. The van der Waals surface area contributed by atoms with Crippen LogP contribution in [0.15, 0.2) is 18.2 Å². The normalized spacial score (nSPS) is 14.8. The summed E-state index contributed by atoms with van der Waals surface area (Å²) >= 11 is 0. The van der Waals surface area contributed by atoms with Crippen LogP contribution >= 0.6 is 0 Å². The number of likely N-dealkylation sites (N-methyl/N-ethyl adjacent to an activating group) is 1. The number of ether oxygens (including phenoxy) is 1. The highest BCUT2D eigenvalue weighted by Crippen LogP contribution is 2.28. The maximum absolute atomic E-state index is 13.9. The Bertz CT molecular complexity index is 474. The van der Waals surface area contributed by atoms with E-state index in [1.165, 1.54) is 18.9 Å². The second kappa shape index (κ2) is 6.81. The Morgan fingerprint density at radius 2 is 2.25 bits per heavy atom. The fourth-order valence-electron chi connectivity index (χ4n) is 1.99. The molecule has 0 atom stereocenters. The standard InChI is InChI=1S/C15H20FNO3/c1-17(7-8-20-10-11-5-6-11)9-12-3-2-4-13(14(12)16)15(18)19/h2-4,11H,5-10H2,1H3,(H,18,19). The van der Waals surface area contributed by atoms with E-state index >= 15 is 0 Å². The molecule has 0 radical (unpaired) electrons. The quantitative estimate of drug-likeness (QED) is 0.743. The van der Waals surface area contributed by atoms with Gasteiger partial charge in [0.2, 0.25) is 0 Å². The van der Waals surface area contributed by atoms with Crippen LogP contribution in [0.25, 0.3) is 0 Å². The molecule has 5 heteroatoms. The van der Waals surface area contributed by atoms with Gasteiger partial charge in [-0.2, -0.15) is 0 Å². The van der Waals surface area contributed by atoms with Crippen molar-refractivity contribution in [3.8, 4) is 0 Å². The minimum Gasteiger partial charge on any atom is -0.478 e. The first kappa shape index (κ1) is 14.9. The third kappa shape index (κ3) is 4.28. The smallest absolute Gasteiger partial charge is 0.338 e. The highest BCUT2D eigenvalue weighted by atomic mass is 19.1. The van der Waals surface area contributed by atoms with Crippen LogP contribution in [0.4, 0.5) is 4.39 Å². The van der Waals surface area contributed by atoms with E-state index in [4.69, 9.17) is 9.84 Å². The van der Waals surface area contributed by atoms with Crippen molar-refractivity contribution in [1.29, 1.82) is 0 Å². The molecule has 2 rings (SSSR count).